The zero-order valence-electron chi connectivity index (χ0n) is 15.2. The molecular formula is C20H24O5. The molecule has 0 heterocycles. The van der Waals surface area contributed by atoms with Gasteiger partial charge in [0.15, 0.2) is 23.1 Å². The van der Waals surface area contributed by atoms with Crippen LogP contribution in [-0.4, -0.2) is 26.9 Å². The highest BCUT2D eigenvalue weighted by atomic mass is 16.3. The zero-order chi connectivity index (χ0) is 18.8. The average molecular weight is 344 g/mol. The van der Waals surface area contributed by atoms with Crippen molar-refractivity contribution >= 4 is 11.6 Å². The van der Waals surface area contributed by atoms with Crippen LogP contribution in [0.15, 0.2) is 11.1 Å². The van der Waals surface area contributed by atoms with Gasteiger partial charge < -0.3 is 15.3 Å². The minimum absolute atomic E-state index is 0.0390. The van der Waals surface area contributed by atoms with Crippen LogP contribution in [0.1, 0.15) is 74.9 Å². The lowest BCUT2D eigenvalue weighted by Gasteiger charge is -2.46. The maximum atomic E-state index is 12.8. The van der Waals surface area contributed by atoms with Gasteiger partial charge in [-0.1, -0.05) is 26.3 Å². The number of phenols is 3. The summed E-state index contributed by atoms with van der Waals surface area (Å²) in [5.74, 6) is -1.89. The fraction of sp³-hybridized carbons (Fsp3) is 0.500. The van der Waals surface area contributed by atoms with Gasteiger partial charge in [-0.2, -0.15) is 0 Å². The van der Waals surface area contributed by atoms with E-state index in [9.17, 15) is 24.9 Å². The van der Waals surface area contributed by atoms with Crippen LogP contribution in [-0.2, 0) is 10.2 Å². The molecule has 0 fully saturated rings. The van der Waals surface area contributed by atoms with Gasteiger partial charge in [-0.15, -0.1) is 0 Å². The summed E-state index contributed by atoms with van der Waals surface area (Å²) in [7, 11) is 0. The topological polar surface area (TPSA) is 94.8 Å². The van der Waals surface area contributed by atoms with Crippen molar-refractivity contribution in [3.8, 4) is 17.2 Å². The lowest BCUT2D eigenvalue weighted by Crippen LogP contribution is -2.45. The third kappa shape index (κ3) is 2.14. The summed E-state index contributed by atoms with van der Waals surface area (Å²) in [4.78, 5) is 25.3. The van der Waals surface area contributed by atoms with E-state index in [1.807, 2.05) is 13.8 Å². The highest BCUT2D eigenvalue weighted by molar-refractivity contribution is 6.06. The summed E-state index contributed by atoms with van der Waals surface area (Å²) in [6.45, 7) is 8.95. The third-order valence-electron chi connectivity index (χ3n) is 6.10. The Labute approximate surface area is 147 Å². The Morgan fingerprint density at radius 1 is 1.00 bits per heavy atom. The zero-order valence-corrected chi connectivity index (χ0v) is 15.2. The fourth-order valence-corrected chi connectivity index (χ4v) is 4.58. The molecule has 0 spiro atoms. The van der Waals surface area contributed by atoms with E-state index in [4.69, 9.17) is 0 Å². The van der Waals surface area contributed by atoms with Crippen LogP contribution in [0.4, 0.5) is 0 Å². The molecule has 3 N–H and O–H groups in total. The minimum atomic E-state index is -0.835. The van der Waals surface area contributed by atoms with Gasteiger partial charge in [-0.25, -0.2) is 0 Å². The molecule has 0 unspecified atom stereocenters. The first-order valence-electron chi connectivity index (χ1n) is 8.57. The molecule has 5 heteroatoms. The highest BCUT2D eigenvalue weighted by Gasteiger charge is 2.52. The Kier molecular flexibility index (Phi) is 3.75. The molecule has 0 radical (unpaired) electrons. The van der Waals surface area contributed by atoms with Crippen LogP contribution in [0, 0.1) is 5.92 Å². The van der Waals surface area contributed by atoms with Crippen molar-refractivity contribution in [2.45, 2.75) is 58.8 Å². The normalized spacial score (nSPS) is 26.1. The molecular weight excluding hydrogens is 320 g/mol. The Hall–Kier alpha value is -2.30. The molecule has 2 aliphatic carbocycles. The number of hydrogen-bond donors (Lipinski definition) is 3. The molecule has 0 saturated carbocycles. The lowest BCUT2D eigenvalue weighted by molar-refractivity contribution is -0.117. The first-order chi connectivity index (χ1) is 11.5. The molecule has 0 saturated heterocycles. The van der Waals surface area contributed by atoms with E-state index in [-0.39, 0.29) is 58.7 Å². The van der Waals surface area contributed by atoms with Crippen molar-refractivity contribution in [3.63, 3.8) is 0 Å². The average Bonchev–Trinajstić information content (AvgIpc) is 2.51. The van der Waals surface area contributed by atoms with E-state index >= 15 is 0 Å². The quantitative estimate of drug-likeness (QED) is 0.533. The molecule has 25 heavy (non-hydrogen) atoms. The van der Waals surface area contributed by atoms with Crippen LogP contribution in [0.5, 0.6) is 17.2 Å². The van der Waals surface area contributed by atoms with Crippen LogP contribution in [0.2, 0.25) is 0 Å². The van der Waals surface area contributed by atoms with Crippen molar-refractivity contribution < 1.29 is 24.9 Å². The number of rotatable bonds is 1. The number of carbonyl (C=O) groups excluding carboxylic acids is 2. The number of ketones is 2. The Bertz CT molecular complexity index is 846. The molecule has 2 atom stereocenters. The summed E-state index contributed by atoms with van der Waals surface area (Å²) in [5, 5.41) is 31.9. The number of aromatic hydroxyl groups is 3. The highest BCUT2D eigenvalue weighted by Crippen LogP contribution is 2.58. The van der Waals surface area contributed by atoms with E-state index < -0.39 is 16.9 Å². The predicted octanol–water partition coefficient (Wildman–Crippen LogP) is 3.70. The Morgan fingerprint density at radius 2 is 1.60 bits per heavy atom. The van der Waals surface area contributed by atoms with E-state index in [0.717, 1.165) is 5.57 Å². The number of phenolic OH excluding ortho intramolecular Hbond substituents is 3. The molecule has 2 aliphatic rings. The Balaban J connectivity index is 2.40. The summed E-state index contributed by atoms with van der Waals surface area (Å²) in [5.41, 5.74) is 1.08. The van der Waals surface area contributed by atoms with Crippen molar-refractivity contribution in [2.24, 2.45) is 5.92 Å². The molecule has 5 nitrogen and oxygen atoms in total. The van der Waals surface area contributed by atoms with E-state index in [1.54, 1.807) is 20.8 Å². The van der Waals surface area contributed by atoms with Gasteiger partial charge in [0.2, 0.25) is 0 Å². The lowest BCUT2D eigenvalue weighted by atomic mass is 9.56. The van der Waals surface area contributed by atoms with Gasteiger partial charge in [0.25, 0.3) is 0 Å². The molecule has 1 aromatic carbocycles. The van der Waals surface area contributed by atoms with Gasteiger partial charge in [0.1, 0.15) is 5.75 Å². The van der Waals surface area contributed by atoms with Gasteiger partial charge >= 0.3 is 0 Å². The van der Waals surface area contributed by atoms with Crippen LogP contribution < -0.4 is 0 Å². The van der Waals surface area contributed by atoms with Crippen LogP contribution in [0.3, 0.4) is 0 Å². The smallest absolute Gasteiger partial charge is 0.167 e. The largest absolute Gasteiger partial charge is 0.507 e. The molecule has 0 aromatic heterocycles. The first-order valence-corrected chi connectivity index (χ1v) is 8.57. The maximum absolute atomic E-state index is 12.8. The fourth-order valence-electron chi connectivity index (χ4n) is 4.58. The van der Waals surface area contributed by atoms with Crippen molar-refractivity contribution in [3.05, 3.63) is 27.8 Å². The minimum Gasteiger partial charge on any atom is -0.507 e. The summed E-state index contributed by atoms with van der Waals surface area (Å²) in [6, 6.07) is 0. The molecule has 0 bridgehead atoms. The van der Waals surface area contributed by atoms with Crippen LogP contribution >= 0.6 is 0 Å². The summed E-state index contributed by atoms with van der Waals surface area (Å²) in [6.07, 6.45) is 0.309. The second kappa shape index (κ2) is 5.35. The number of carbonyl (C=O) groups is 2. The van der Waals surface area contributed by atoms with Crippen molar-refractivity contribution in [1.82, 2.24) is 0 Å². The van der Waals surface area contributed by atoms with Gasteiger partial charge in [-0.3, -0.25) is 9.59 Å². The van der Waals surface area contributed by atoms with Gasteiger partial charge in [0, 0.05) is 29.4 Å². The second-order valence-corrected chi connectivity index (χ2v) is 7.87. The monoisotopic (exact) mass is 344 g/mol. The maximum Gasteiger partial charge on any atom is 0.167 e. The van der Waals surface area contributed by atoms with Crippen molar-refractivity contribution in [2.75, 3.05) is 0 Å². The standard InChI is InChI=1S/C20H24O5/c1-8(2)14-17(23)15-12(21)6-11-9(3)10(4)13(22)7-20(11,5)16(15)19(25)18(14)24/h8,11,23-25H,6-7H2,1-5H3/t11-,20-/m0/s1. The number of Topliss-reactive ketones (excluding diaryl/α,β-unsaturated/α-hetero) is 2. The van der Waals surface area contributed by atoms with Gasteiger partial charge in [0.05, 0.1) is 5.56 Å². The molecule has 1 aromatic rings. The second-order valence-electron chi connectivity index (χ2n) is 7.87. The predicted molar refractivity (Wildman–Crippen MR) is 93.3 cm³/mol. The third-order valence-corrected chi connectivity index (χ3v) is 6.10. The van der Waals surface area contributed by atoms with Crippen LogP contribution in [0.25, 0.3) is 0 Å². The number of allylic oxidation sites excluding steroid dienone is 2. The molecule has 0 amide bonds. The van der Waals surface area contributed by atoms with E-state index in [0.29, 0.717) is 5.57 Å². The summed E-state index contributed by atoms with van der Waals surface area (Å²) < 4.78 is 0. The Morgan fingerprint density at radius 3 is 2.16 bits per heavy atom. The number of hydrogen-bond acceptors (Lipinski definition) is 5. The summed E-state index contributed by atoms with van der Waals surface area (Å²) >= 11 is 0. The first kappa shape index (κ1) is 17.5. The van der Waals surface area contributed by atoms with Crippen molar-refractivity contribution in [1.29, 1.82) is 0 Å². The van der Waals surface area contributed by atoms with E-state index in [2.05, 4.69) is 0 Å². The molecule has 3 rings (SSSR count). The SMILES string of the molecule is CC1=C(C)[C@@H]2CC(=O)c3c(O)c(C(C)C)c(O)c(O)c3[C@@]2(C)CC1=O. The number of benzene rings is 1. The van der Waals surface area contributed by atoms with Gasteiger partial charge in [-0.05, 0) is 31.3 Å². The number of fused-ring (bicyclic) bond motifs is 3. The van der Waals surface area contributed by atoms with E-state index in [1.165, 1.54) is 0 Å². The molecule has 0 aliphatic heterocycles. The molecule has 134 valence electrons.